The minimum Gasteiger partial charge on any atom is -0.349 e. The molecule has 0 bridgehead atoms. The first-order valence-corrected chi connectivity index (χ1v) is 8.27. The zero-order chi connectivity index (χ0) is 14.1. The zero-order valence-corrected chi connectivity index (χ0v) is 13.2. The molecule has 0 aliphatic heterocycles. The fraction of sp³-hybridized carbons (Fsp3) is 0.562. The molecule has 3 N–H and O–H groups in total. The summed E-state index contributed by atoms with van der Waals surface area (Å²) in [5, 5.41) is 3.25. The number of hydrogen-bond donors (Lipinski definition) is 2. The van der Waals surface area contributed by atoms with Crippen LogP contribution in [0.4, 0.5) is 0 Å². The number of halogens is 1. The van der Waals surface area contributed by atoms with E-state index in [4.69, 9.17) is 5.73 Å². The number of carbonyl (C=O) groups is 1. The van der Waals surface area contributed by atoms with Crippen LogP contribution in [0.1, 0.15) is 42.9 Å². The number of nitrogens with two attached hydrogens (primary N) is 1. The third-order valence-electron chi connectivity index (χ3n) is 4.83. The highest BCUT2D eigenvalue weighted by atomic mass is 79.9. The molecule has 20 heavy (non-hydrogen) atoms. The summed E-state index contributed by atoms with van der Waals surface area (Å²) >= 11 is 3.60. The number of fused-ring (bicyclic) bond motifs is 1. The first-order chi connectivity index (χ1) is 9.70. The van der Waals surface area contributed by atoms with Crippen molar-refractivity contribution in [3.8, 4) is 0 Å². The lowest BCUT2D eigenvalue weighted by Gasteiger charge is -2.21. The van der Waals surface area contributed by atoms with Gasteiger partial charge >= 0.3 is 0 Å². The minimum absolute atomic E-state index is 0.121. The van der Waals surface area contributed by atoms with Crippen LogP contribution in [-0.2, 0) is 11.2 Å². The van der Waals surface area contributed by atoms with E-state index in [-0.39, 0.29) is 17.9 Å². The number of nitrogens with one attached hydrogen (secondary N) is 1. The van der Waals surface area contributed by atoms with Crippen molar-refractivity contribution < 1.29 is 4.79 Å². The fourth-order valence-corrected chi connectivity index (χ4v) is 4.28. The highest BCUT2D eigenvalue weighted by molar-refractivity contribution is 9.10. The van der Waals surface area contributed by atoms with Crippen molar-refractivity contribution in [3.63, 3.8) is 0 Å². The summed E-state index contributed by atoms with van der Waals surface area (Å²) in [5.74, 6) is 0.699. The third kappa shape index (κ3) is 2.51. The molecular weight excluding hydrogens is 316 g/mol. The highest BCUT2D eigenvalue weighted by Gasteiger charge is 2.34. The van der Waals surface area contributed by atoms with Gasteiger partial charge in [0.25, 0.3) is 0 Å². The summed E-state index contributed by atoms with van der Waals surface area (Å²) in [6, 6.07) is 6.43. The van der Waals surface area contributed by atoms with Gasteiger partial charge in [0.1, 0.15) is 0 Å². The van der Waals surface area contributed by atoms with Crippen molar-refractivity contribution in [1.29, 1.82) is 0 Å². The van der Waals surface area contributed by atoms with Crippen LogP contribution < -0.4 is 11.1 Å². The Balaban J connectivity index is 1.71. The van der Waals surface area contributed by atoms with E-state index in [0.717, 1.165) is 36.6 Å². The first-order valence-electron chi connectivity index (χ1n) is 7.48. The Kier molecular flexibility index (Phi) is 4.13. The number of carbonyl (C=O) groups excluding carboxylic acids is 1. The van der Waals surface area contributed by atoms with E-state index < -0.39 is 0 Å². The molecule has 1 fully saturated rings. The molecule has 1 aromatic carbocycles. The Morgan fingerprint density at radius 1 is 1.35 bits per heavy atom. The Morgan fingerprint density at radius 2 is 2.20 bits per heavy atom. The molecule has 2 aliphatic carbocycles. The van der Waals surface area contributed by atoms with E-state index in [1.165, 1.54) is 11.1 Å². The van der Waals surface area contributed by atoms with Crippen LogP contribution in [0.15, 0.2) is 22.7 Å². The lowest BCUT2D eigenvalue weighted by atomic mass is 9.94. The van der Waals surface area contributed by atoms with E-state index >= 15 is 0 Å². The predicted octanol–water partition coefficient (Wildman–Crippen LogP) is 2.93. The summed E-state index contributed by atoms with van der Waals surface area (Å²) in [5.41, 5.74) is 8.40. The largest absolute Gasteiger partial charge is 0.349 e. The molecule has 0 heterocycles. The molecule has 0 aromatic heterocycles. The maximum absolute atomic E-state index is 12.5. The Labute approximate surface area is 128 Å². The highest BCUT2D eigenvalue weighted by Crippen LogP contribution is 2.37. The molecule has 0 saturated heterocycles. The van der Waals surface area contributed by atoms with Gasteiger partial charge < -0.3 is 11.1 Å². The Bertz CT molecular complexity index is 517. The van der Waals surface area contributed by atoms with E-state index in [1.54, 1.807) is 0 Å². The van der Waals surface area contributed by atoms with Gasteiger partial charge in [0, 0.05) is 10.4 Å². The van der Waals surface area contributed by atoms with Crippen molar-refractivity contribution in [2.24, 2.45) is 17.6 Å². The second kappa shape index (κ2) is 5.86. The van der Waals surface area contributed by atoms with E-state index in [2.05, 4.69) is 33.4 Å². The lowest BCUT2D eigenvalue weighted by molar-refractivity contribution is -0.126. The van der Waals surface area contributed by atoms with Crippen molar-refractivity contribution in [3.05, 3.63) is 33.8 Å². The van der Waals surface area contributed by atoms with Crippen LogP contribution in [0.2, 0.25) is 0 Å². The Morgan fingerprint density at radius 3 is 3.00 bits per heavy atom. The molecule has 0 radical (unpaired) electrons. The standard InChI is InChI=1S/C16H21BrN2O/c17-14-6-2-5-13-12(14)7-8-15(13)19-16(20)11-4-1-3-10(11)9-18/h2,5-6,10-11,15H,1,3-4,7-9,18H2,(H,19,20)/t10-,11-,15?/m1/s1. The van der Waals surface area contributed by atoms with Crippen LogP contribution in [0.25, 0.3) is 0 Å². The molecule has 1 saturated carbocycles. The van der Waals surface area contributed by atoms with Crippen molar-refractivity contribution in [1.82, 2.24) is 5.32 Å². The van der Waals surface area contributed by atoms with Gasteiger partial charge in [0.15, 0.2) is 0 Å². The molecule has 1 unspecified atom stereocenters. The second-order valence-electron chi connectivity index (χ2n) is 5.94. The van der Waals surface area contributed by atoms with Crippen molar-refractivity contribution in [2.75, 3.05) is 6.54 Å². The van der Waals surface area contributed by atoms with Gasteiger partial charge in [-0.15, -0.1) is 0 Å². The Hall–Kier alpha value is -0.870. The summed E-state index contributed by atoms with van der Waals surface area (Å²) in [6.45, 7) is 0.630. The molecular formula is C16H21BrN2O. The summed E-state index contributed by atoms with van der Waals surface area (Å²) in [7, 11) is 0. The average Bonchev–Trinajstić information content (AvgIpc) is 3.06. The molecule has 4 heteroatoms. The normalized spacial score (nSPS) is 28.4. The van der Waals surface area contributed by atoms with Crippen LogP contribution in [-0.4, -0.2) is 12.5 Å². The summed E-state index contributed by atoms with van der Waals surface area (Å²) in [4.78, 5) is 12.5. The number of amides is 1. The van der Waals surface area contributed by atoms with Gasteiger partial charge in [-0.25, -0.2) is 0 Å². The van der Waals surface area contributed by atoms with Gasteiger partial charge in [-0.1, -0.05) is 34.5 Å². The number of rotatable bonds is 3. The quantitative estimate of drug-likeness (QED) is 0.891. The third-order valence-corrected chi connectivity index (χ3v) is 5.57. The first kappa shape index (κ1) is 14.1. The predicted molar refractivity (Wildman–Crippen MR) is 83.2 cm³/mol. The number of benzene rings is 1. The zero-order valence-electron chi connectivity index (χ0n) is 11.6. The maximum Gasteiger partial charge on any atom is 0.223 e. The molecule has 2 aliphatic rings. The molecule has 0 spiro atoms. The molecule has 3 atom stereocenters. The molecule has 3 rings (SSSR count). The SMILES string of the molecule is NC[C@H]1CCC[C@H]1C(=O)NC1CCc2c(Br)cccc21. The lowest BCUT2D eigenvalue weighted by Crippen LogP contribution is -2.36. The molecule has 3 nitrogen and oxygen atoms in total. The molecule has 1 amide bonds. The fourth-order valence-electron chi connectivity index (χ4n) is 3.70. The van der Waals surface area contributed by atoms with Gasteiger partial charge in [0.05, 0.1) is 6.04 Å². The van der Waals surface area contributed by atoms with Crippen molar-refractivity contribution >= 4 is 21.8 Å². The van der Waals surface area contributed by atoms with Crippen LogP contribution >= 0.6 is 15.9 Å². The van der Waals surface area contributed by atoms with Crippen LogP contribution in [0, 0.1) is 11.8 Å². The van der Waals surface area contributed by atoms with E-state index in [9.17, 15) is 4.79 Å². The van der Waals surface area contributed by atoms with Crippen LogP contribution in [0.3, 0.4) is 0 Å². The monoisotopic (exact) mass is 336 g/mol. The molecule has 108 valence electrons. The van der Waals surface area contributed by atoms with Gasteiger partial charge in [0.2, 0.25) is 5.91 Å². The van der Waals surface area contributed by atoms with Gasteiger partial charge in [-0.05, 0) is 55.3 Å². The number of hydrogen-bond acceptors (Lipinski definition) is 2. The van der Waals surface area contributed by atoms with Crippen molar-refractivity contribution in [2.45, 2.75) is 38.1 Å². The minimum atomic E-state index is 0.121. The summed E-state index contributed by atoms with van der Waals surface area (Å²) in [6.07, 6.45) is 5.26. The van der Waals surface area contributed by atoms with Gasteiger partial charge in [-0.2, -0.15) is 0 Å². The van der Waals surface area contributed by atoms with E-state index in [1.807, 2.05) is 6.07 Å². The average molecular weight is 337 g/mol. The van der Waals surface area contributed by atoms with Gasteiger partial charge in [-0.3, -0.25) is 4.79 Å². The smallest absolute Gasteiger partial charge is 0.223 e. The molecule has 1 aromatic rings. The second-order valence-corrected chi connectivity index (χ2v) is 6.79. The maximum atomic E-state index is 12.5. The van der Waals surface area contributed by atoms with Crippen LogP contribution in [0.5, 0.6) is 0 Å². The summed E-state index contributed by atoms with van der Waals surface area (Å²) < 4.78 is 1.16. The van der Waals surface area contributed by atoms with E-state index in [0.29, 0.717) is 12.5 Å². The topological polar surface area (TPSA) is 55.1 Å².